The zero-order chi connectivity index (χ0) is 14.9. The van der Waals surface area contributed by atoms with Gasteiger partial charge in [-0.3, -0.25) is 4.79 Å². The van der Waals surface area contributed by atoms with E-state index in [-0.39, 0.29) is 22.3 Å². The van der Waals surface area contributed by atoms with Gasteiger partial charge in [0.15, 0.2) is 5.78 Å². The average molecular weight is 303 g/mol. The highest BCUT2D eigenvalue weighted by Crippen LogP contribution is 2.33. The number of aromatic nitrogens is 2. The van der Waals surface area contributed by atoms with E-state index in [4.69, 9.17) is 10.5 Å². The number of ketones is 1. The van der Waals surface area contributed by atoms with E-state index >= 15 is 0 Å². The molecule has 1 heterocycles. The van der Waals surface area contributed by atoms with Gasteiger partial charge in [-0.05, 0) is 25.1 Å². The smallest absolute Gasteiger partial charge is 0.429 e. The standard InChI is InChI=1S/C11H8F3N3O2S/c1-5(18)7-4-6(15)2-3-8(7)19-10-16-9(17-20-10)11(12,13)14/h2-4H,15H2,1H3. The van der Waals surface area contributed by atoms with Gasteiger partial charge in [-0.25, -0.2) is 0 Å². The van der Waals surface area contributed by atoms with Gasteiger partial charge >= 0.3 is 6.18 Å². The van der Waals surface area contributed by atoms with Crippen LogP contribution in [0.4, 0.5) is 18.9 Å². The molecule has 106 valence electrons. The second-order valence-corrected chi connectivity index (χ2v) is 4.51. The van der Waals surface area contributed by atoms with Gasteiger partial charge in [-0.15, -0.1) is 0 Å². The van der Waals surface area contributed by atoms with Crippen molar-refractivity contribution in [1.82, 2.24) is 9.36 Å². The van der Waals surface area contributed by atoms with Crippen LogP contribution in [0, 0.1) is 0 Å². The molecule has 0 amide bonds. The molecule has 0 aliphatic rings. The Bertz CT molecular complexity index is 655. The molecule has 2 N–H and O–H groups in total. The zero-order valence-corrected chi connectivity index (χ0v) is 10.9. The number of nitrogen functional groups attached to an aromatic ring is 1. The van der Waals surface area contributed by atoms with E-state index in [9.17, 15) is 18.0 Å². The molecular weight excluding hydrogens is 295 g/mol. The molecular formula is C11H8F3N3O2S. The summed E-state index contributed by atoms with van der Waals surface area (Å²) >= 11 is 0.450. The van der Waals surface area contributed by atoms with Crippen molar-refractivity contribution in [1.29, 1.82) is 0 Å². The number of carbonyl (C=O) groups is 1. The van der Waals surface area contributed by atoms with Gasteiger partial charge in [-0.1, -0.05) is 0 Å². The first-order chi connectivity index (χ1) is 9.27. The molecule has 5 nitrogen and oxygen atoms in total. The highest BCUT2D eigenvalue weighted by Gasteiger charge is 2.36. The number of hydrogen-bond donors (Lipinski definition) is 1. The summed E-state index contributed by atoms with van der Waals surface area (Å²) in [6.07, 6.45) is -4.64. The maximum atomic E-state index is 12.4. The van der Waals surface area contributed by atoms with Crippen molar-refractivity contribution in [3.05, 3.63) is 29.6 Å². The largest absolute Gasteiger partial charge is 0.452 e. The summed E-state index contributed by atoms with van der Waals surface area (Å²) < 4.78 is 45.4. The molecule has 1 aromatic heterocycles. The molecule has 0 bridgehead atoms. The molecule has 0 spiro atoms. The molecule has 0 atom stereocenters. The molecule has 0 fully saturated rings. The van der Waals surface area contributed by atoms with E-state index < -0.39 is 12.0 Å². The summed E-state index contributed by atoms with van der Waals surface area (Å²) in [6.45, 7) is 1.29. The molecule has 1 aromatic carbocycles. The normalized spacial score (nSPS) is 11.4. The monoisotopic (exact) mass is 303 g/mol. The zero-order valence-electron chi connectivity index (χ0n) is 10.1. The Balaban J connectivity index is 2.31. The fourth-order valence-corrected chi connectivity index (χ4v) is 1.94. The molecule has 0 aliphatic carbocycles. The number of carbonyl (C=O) groups excluding carboxylic acids is 1. The van der Waals surface area contributed by atoms with Crippen LogP contribution < -0.4 is 10.5 Å². The first kappa shape index (κ1) is 14.3. The molecule has 2 rings (SSSR count). The van der Waals surface area contributed by atoms with Crippen molar-refractivity contribution in [2.45, 2.75) is 13.1 Å². The predicted molar refractivity (Wildman–Crippen MR) is 65.8 cm³/mol. The minimum absolute atomic E-state index is 0.0802. The summed E-state index contributed by atoms with van der Waals surface area (Å²) in [5, 5.41) is -0.301. The second-order valence-electron chi connectivity index (χ2n) is 3.80. The molecule has 0 aliphatic heterocycles. The molecule has 0 unspecified atom stereocenters. The lowest BCUT2D eigenvalue weighted by Crippen LogP contribution is -2.07. The van der Waals surface area contributed by atoms with Crippen LogP contribution in [-0.4, -0.2) is 15.1 Å². The Morgan fingerprint density at radius 3 is 2.65 bits per heavy atom. The number of ether oxygens (including phenoxy) is 1. The Morgan fingerprint density at radius 1 is 1.40 bits per heavy atom. The number of anilines is 1. The number of hydrogen-bond acceptors (Lipinski definition) is 6. The van der Waals surface area contributed by atoms with E-state index in [0.717, 1.165) is 0 Å². The molecule has 0 saturated carbocycles. The van der Waals surface area contributed by atoms with Crippen LogP contribution in [0.15, 0.2) is 18.2 Å². The van der Waals surface area contributed by atoms with Crippen LogP contribution in [-0.2, 0) is 6.18 Å². The minimum Gasteiger partial charge on any atom is -0.429 e. The van der Waals surface area contributed by atoms with Crippen LogP contribution >= 0.6 is 11.5 Å². The lowest BCUT2D eigenvalue weighted by atomic mass is 10.1. The molecule has 9 heteroatoms. The summed E-state index contributed by atoms with van der Waals surface area (Å²) in [5.41, 5.74) is 6.04. The summed E-state index contributed by atoms with van der Waals surface area (Å²) in [4.78, 5) is 14.6. The third kappa shape index (κ3) is 3.05. The molecule has 0 radical (unpaired) electrons. The fraction of sp³-hybridized carbons (Fsp3) is 0.182. The van der Waals surface area contributed by atoms with Crippen LogP contribution in [0.25, 0.3) is 0 Å². The minimum atomic E-state index is -4.64. The van der Waals surface area contributed by atoms with Crippen molar-refractivity contribution < 1.29 is 22.7 Å². The third-order valence-corrected chi connectivity index (χ3v) is 2.84. The maximum absolute atomic E-state index is 12.4. The van der Waals surface area contributed by atoms with Gasteiger partial charge in [0, 0.05) is 17.2 Å². The SMILES string of the molecule is CC(=O)c1cc(N)ccc1Oc1nc(C(F)(F)F)ns1. The van der Waals surface area contributed by atoms with Gasteiger partial charge in [0.1, 0.15) is 5.75 Å². The Morgan fingerprint density at radius 2 is 2.10 bits per heavy atom. The number of rotatable bonds is 3. The maximum Gasteiger partial charge on any atom is 0.452 e. The van der Waals surface area contributed by atoms with E-state index in [1.807, 2.05) is 0 Å². The van der Waals surface area contributed by atoms with Crippen LogP contribution in [0.2, 0.25) is 0 Å². The number of nitrogens with two attached hydrogens (primary N) is 1. The first-order valence-electron chi connectivity index (χ1n) is 5.26. The van der Waals surface area contributed by atoms with Gasteiger partial charge in [0.25, 0.3) is 11.0 Å². The van der Waals surface area contributed by atoms with Crippen molar-refractivity contribution in [2.24, 2.45) is 0 Å². The van der Waals surface area contributed by atoms with E-state index in [2.05, 4.69) is 9.36 Å². The van der Waals surface area contributed by atoms with E-state index in [0.29, 0.717) is 17.2 Å². The summed E-state index contributed by atoms with van der Waals surface area (Å²) in [7, 11) is 0. The van der Waals surface area contributed by atoms with Crippen LogP contribution in [0.1, 0.15) is 23.1 Å². The topological polar surface area (TPSA) is 78.1 Å². The summed E-state index contributed by atoms with van der Waals surface area (Å²) in [6, 6.07) is 4.23. The van der Waals surface area contributed by atoms with Gasteiger partial charge in [0.05, 0.1) is 5.56 Å². The van der Waals surface area contributed by atoms with E-state index in [1.165, 1.54) is 25.1 Å². The average Bonchev–Trinajstić information content (AvgIpc) is 2.79. The number of alkyl halides is 3. The lowest BCUT2D eigenvalue weighted by Gasteiger charge is -2.07. The molecule has 0 saturated heterocycles. The number of Topliss-reactive ketones (excluding diaryl/α,β-unsaturated/α-hetero) is 1. The third-order valence-electron chi connectivity index (χ3n) is 2.24. The first-order valence-corrected chi connectivity index (χ1v) is 6.04. The quantitative estimate of drug-likeness (QED) is 0.696. The van der Waals surface area contributed by atoms with Crippen LogP contribution in [0.5, 0.6) is 10.9 Å². The van der Waals surface area contributed by atoms with E-state index in [1.54, 1.807) is 0 Å². The van der Waals surface area contributed by atoms with Gasteiger partial charge < -0.3 is 10.5 Å². The van der Waals surface area contributed by atoms with Crippen molar-refractivity contribution >= 4 is 23.0 Å². The molecule has 2 aromatic rings. The van der Waals surface area contributed by atoms with Crippen molar-refractivity contribution in [3.8, 4) is 10.9 Å². The Kier molecular flexibility index (Phi) is 3.62. The van der Waals surface area contributed by atoms with Crippen LogP contribution in [0.3, 0.4) is 0 Å². The van der Waals surface area contributed by atoms with Crippen molar-refractivity contribution in [3.63, 3.8) is 0 Å². The Labute approximate surface area is 115 Å². The van der Waals surface area contributed by atoms with Crippen molar-refractivity contribution in [2.75, 3.05) is 5.73 Å². The van der Waals surface area contributed by atoms with Gasteiger partial charge in [-0.2, -0.15) is 22.5 Å². The predicted octanol–water partition coefficient (Wildman–Crippen LogP) is 3.13. The molecule has 20 heavy (non-hydrogen) atoms. The number of benzene rings is 1. The number of halogens is 3. The highest BCUT2D eigenvalue weighted by atomic mass is 32.1. The second kappa shape index (κ2) is 5.08. The van der Waals surface area contributed by atoms with Gasteiger partial charge in [0.2, 0.25) is 0 Å². The number of nitrogens with zero attached hydrogens (tertiary/aromatic N) is 2. The summed E-state index contributed by atoms with van der Waals surface area (Å²) in [5.74, 6) is -1.53. The highest BCUT2D eigenvalue weighted by molar-refractivity contribution is 7.07. The lowest BCUT2D eigenvalue weighted by molar-refractivity contribution is -0.144. The fourth-order valence-electron chi connectivity index (χ4n) is 1.37. The Hall–Kier alpha value is -2.16.